The maximum absolute atomic E-state index is 10.8. The quantitative estimate of drug-likeness (QED) is 0.493. The number of rotatable bonds is 0. The van der Waals surface area contributed by atoms with E-state index in [0.717, 1.165) is 5.56 Å². The molecule has 0 spiro atoms. The Morgan fingerprint density at radius 1 is 1.60 bits per heavy atom. The first-order valence-corrected chi connectivity index (χ1v) is 2.98. The average Bonchev–Trinajstić information content (AvgIpc) is 2.34. The molecule has 3 nitrogen and oxygen atoms in total. The summed E-state index contributed by atoms with van der Waals surface area (Å²) < 4.78 is 4.74. The number of carbonyl (C=O) groups is 1. The lowest BCUT2D eigenvalue weighted by atomic mass is 10.2. The molecular formula is C7H5NO2. The van der Waals surface area contributed by atoms with Crippen molar-refractivity contribution in [2.24, 2.45) is 0 Å². The van der Waals surface area contributed by atoms with Crippen LogP contribution in [0.5, 0.6) is 0 Å². The lowest BCUT2D eigenvalue weighted by Crippen LogP contribution is -1.93. The van der Waals surface area contributed by atoms with E-state index in [4.69, 9.17) is 4.74 Å². The van der Waals surface area contributed by atoms with Gasteiger partial charge in [-0.1, -0.05) is 0 Å². The second kappa shape index (κ2) is 1.80. The van der Waals surface area contributed by atoms with E-state index in [-0.39, 0.29) is 5.97 Å². The molecular weight excluding hydrogens is 130 g/mol. The Hall–Kier alpha value is -1.38. The van der Waals surface area contributed by atoms with Crippen molar-refractivity contribution in [1.29, 1.82) is 0 Å². The third kappa shape index (κ3) is 0.603. The van der Waals surface area contributed by atoms with Gasteiger partial charge in [0.15, 0.2) is 0 Å². The summed E-state index contributed by atoms with van der Waals surface area (Å²) in [5.41, 5.74) is 1.53. The van der Waals surface area contributed by atoms with Crippen LogP contribution < -0.4 is 0 Å². The Morgan fingerprint density at radius 2 is 2.50 bits per heavy atom. The predicted molar refractivity (Wildman–Crippen MR) is 33.4 cm³/mol. The minimum atomic E-state index is -0.261. The molecule has 0 fully saturated rings. The Morgan fingerprint density at radius 3 is 3.30 bits per heavy atom. The molecule has 0 radical (unpaired) electrons. The SMILES string of the molecule is O=C1OCc2ccncc21. The molecule has 0 unspecified atom stereocenters. The molecule has 3 heteroatoms. The van der Waals surface area contributed by atoms with E-state index in [2.05, 4.69) is 4.98 Å². The number of nitrogens with zero attached hydrogens (tertiary/aromatic N) is 1. The first-order chi connectivity index (χ1) is 4.88. The second-order valence-electron chi connectivity index (χ2n) is 2.11. The summed E-state index contributed by atoms with van der Waals surface area (Å²) in [6, 6.07) is 1.79. The summed E-state index contributed by atoms with van der Waals surface area (Å²) in [6.45, 7) is 0.399. The van der Waals surface area contributed by atoms with Crippen LogP contribution in [-0.4, -0.2) is 11.0 Å². The summed E-state index contributed by atoms with van der Waals surface area (Å²) in [4.78, 5) is 14.6. The molecule has 0 saturated carbocycles. The van der Waals surface area contributed by atoms with Crippen molar-refractivity contribution < 1.29 is 9.53 Å². The maximum Gasteiger partial charge on any atom is 0.340 e. The molecule has 1 aliphatic heterocycles. The van der Waals surface area contributed by atoms with Gasteiger partial charge in [0, 0.05) is 18.0 Å². The molecule has 0 amide bonds. The Balaban J connectivity index is 2.61. The predicted octanol–water partition coefficient (Wildman–Crippen LogP) is 0.752. The van der Waals surface area contributed by atoms with Crippen LogP contribution in [0.4, 0.5) is 0 Å². The first kappa shape index (κ1) is 5.41. The van der Waals surface area contributed by atoms with Crippen molar-refractivity contribution in [2.45, 2.75) is 6.61 Å². The number of hydrogen-bond donors (Lipinski definition) is 0. The number of carbonyl (C=O) groups excluding carboxylic acids is 1. The number of hydrogen-bond acceptors (Lipinski definition) is 3. The van der Waals surface area contributed by atoms with Crippen LogP contribution in [0.1, 0.15) is 15.9 Å². The molecule has 1 aliphatic rings. The van der Waals surface area contributed by atoms with E-state index in [1.807, 2.05) is 0 Å². The highest BCUT2D eigenvalue weighted by atomic mass is 16.5. The van der Waals surface area contributed by atoms with Crippen LogP contribution in [0.15, 0.2) is 18.5 Å². The van der Waals surface area contributed by atoms with E-state index in [1.54, 1.807) is 12.3 Å². The van der Waals surface area contributed by atoms with E-state index in [0.29, 0.717) is 12.2 Å². The molecule has 50 valence electrons. The highest BCUT2D eigenvalue weighted by Crippen LogP contribution is 2.16. The molecule has 2 heterocycles. The normalized spacial score (nSPS) is 14.6. The van der Waals surface area contributed by atoms with Crippen LogP contribution in [0, 0.1) is 0 Å². The Bertz CT molecular complexity index is 283. The van der Waals surface area contributed by atoms with Crippen LogP contribution in [0.25, 0.3) is 0 Å². The monoisotopic (exact) mass is 135 g/mol. The van der Waals surface area contributed by atoms with Gasteiger partial charge in [0.05, 0.1) is 5.56 Å². The number of cyclic esters (lactones) is 1. The smallest absolute Gasteiger partial charge is 0.340 e. The second-order valence-corrected chi connectivity index (χ2v) is 2.11. The van der Waals surface area contributed by atoms with Crippen molar-refractivity contribution in [2.75, 3.05) is 0 Å². The molecule has 0 saturated heterocycles. The van der Waals surface area contributed by atoms with E-state index in [9.17, 15) is 4.79 Å². The number of ether oxygens (including phenoxy) is 1. The zero-order chi connectivity index (χ0) is 6.97. The summed E-state index contributed by atoms with van der Waals surface area (Å²) in [6.07, 6.45) is 3.19. The summed E-state index contributed by atoms with van der Waals surface area (Å²) in [5, 5.41) is 0. The van der Waals surface area contributed by atoms with E-state index >= 15 is 0 Å². The zero-order valence-corrected chi connectivity index (χ0v) is 5.20. The lowest BCUT2D eigenvalue weighted by Gasteiger charge is -1.87. The molecule has 0 N–H and O–H groups in total. The topological polar surface area (TPSA) is 39.2 Å². The van der Waals surface area contributed by atoms with Gasteiger partial charge < -0.3 is 4.74 Å². The van der Waals surface area contributed by atoms with Crippen molar-refractivity contribution in [3.05, 3.63) is 29.6 Å². The van der Waals surface area contributed by atoms with Gasteiger partial charge in [0.25, 0.3) is 0 Å². The zero-order valence-electron chi connectivity index (χ0n) is 5.20. The van der Waals surface area contributed by atoms with E-state index < -0.39 is 0 Å². The fraction of sp³-hybridized carbons (Fsp3) is 0.143. The number of pyridine rings is 1. The molecule has 0 aromatic carbocycles. The summed E-state index contributed by atoms with van der Waals surface area (Å²) >= 11 is 0. The van der Waals surface area contributed by atoms with Crippen LogP contribution in [0.3, 0.4) is 0 Å². The molecule has 10 heavy (non-hydrogen) atoms. The number of esters is 1. The molecule has 0 bridgehead atoms. The largest absolute Gasteiger partial charge is 0.457 e. The third-order valence-electron chi connectivity index (χ3n) is 1.49. The van der Waals surface area contributed by atoms with Gasteiger partial charge in [-0.15, -0.1) is 0 Å². The van der Waals surface area contributed by atoms with Gasteiger partial charge >= 0.3 is 5.97 Å². The van der Waals surface area contributed by atoms with Crippen molar-refractivity contribution in [3.8, 4) is 0 Å². The molecule has 1 aromatic rings. The minimum Gasteiger partial charge on any atom is -0.457 e. The highest BCUT2D eigenvalue weighted by Gasteiger charge is 2.19. The van der Waals surface area contributed by atoms with Gasteiger partial charge in [-0.05, 0) is 6.07 Å². The van der Waals surface area contributed by atoms with Crippen LogP contribution >= 0.6 is 0 Å². The molecule has 0 atom stereocenters. The number of fused-ring (bicyclic) bond motifs is 1. The van der Waals surface area contributed by atoms with E-state index in [1.165, 1.54) is 6.20 Å². The first-order valence-electron chi connectivity index (χ1n) is 2.98. The Labute approximate surface area is 57.7 Å². The van der Waals surface area contributed by atoms with Gasteiger partial charge in [-0.2, -0.15) is 0 Å². The van der Waals surface area contributed by atoms with Gasteiger partial charge in [0.1, 0.15) is 6.61 Å². The molecule has 1 aromatic heterocycles. The Kier molecular flexibility index (Phi) is 0.974. The third-order valence-corrected chi connectivity index (χ3v) is 1.49. The van der Waals surface area contributed by atoms with Gasteiger partial charge in [-0.3, -0.25) is 4.98 Å². The van der Waals surface area contributed by atoms with Crippen LogP contribution in [-0.2, 0) is 11.3 Å². The van der Waals surface area contributed by atoms with Crippen molar-refractivity contribution >= 4 is 5.97 Å². The van der Waals surface area contributed by atoms with Crippen LogP contribution in [0.2, 0.25) is 0 Å². The average molecular weight is 135 g/mol. The summed E-state index contributed by atoms with van der Waals surface area (Å²) in [5.74, 6) is -0.261. The minimum absolute atomic E-state index is 0.261. The fourth-order valence-corrected chi connectivity index (χ4v) is 0.954. The van der Waals surface area contributed by atoms with Gasteiger partial charge in [-0.25, -0.2) is 4.79 Å². The fourth-order valence-electron chi connectivity index (χ4n) is 0.954. The summed E-state index contributed by atoms with van der Waals surface area (Å²) in [7, 11) is 0. The maximum atomic E-state index is 10.8. The highest BCUT2D eigenvalue weighted by molar-refractivity contribution is 5.92. The lowest BCUT2D eigenvalue weighted by molar-refractivity contribution is 0.0535. The van der Waals surface area contributed by atoms with Crippen molar-refractivity contribution in [3.63, 3.8) is 0 Å². The van der Waals surface area contributed by atoms with Crippen molar-refractivity contribution in [1.82, 2.24) is 4.98 Å². The van der Waals surface area contributed by atoms with Gasteiger partial charge in [0.2, 0.25) is 0 Å². The molecule has 0 aliphatic carbocycles. The molecule has 2 rings (SSSR count). The number of aromatic nitrogens is 1. The standard InChI is InChI=1S/C7H5NO2/c9-7-6-3-8-2-1-5(6)4-10-7/h1-3H,4H2.